The molecule has 0 spiro atoms. The maximum atomic E-state index is 14.5. The summed E-state index contributed by atoms with van der Waals surface area (Å²) in [6.45, 7) is 1.02. The van der Waals surface area contributed by atoms with Crippen molar-refractivity contribution in [3.05, 3.63) is 21.5 Å². The molecule has 0 aromatic carbocycles. The summed E-state index contributed by atoms with van der Waals surface area (Å²) in [6.07, 6.45) is -21.3. The van der Waals surface area contributed by atoms with Crippen LogP contribution in [0.25, 0.3) is 0 Å². The maximum Gasteiger partial charge on any atom is 0.462 e. The lowest BCUT2D eigenvalue weighted by atomic mass is 10.1. The van der Waals surface area contributed by atoms with Gasteiger partial charge in [0.2, 0.25) is 11.6 Å². The van der Waals surface area contributed by atoms with Crippen LogP contribution in [0.15, 0.2) is 0 Å². The van der Waals surface area contributed by atoms with Crippen molar-refractivity contribution in [2.24, 2.45) is 0 Å². The second-order valence-corrected chi connectivity index (χ2v) is 5.25. The lowest BCUT2D eigenvalue weighted by Gasteiger charge is -2.33. The van der Waals surface area contributed by atoms with Gasteiger partial charge in [-0.1, -0.05) is 0 Å². The van der Waals surface area contributed by atoms with Crippen LogP contribution < -0.4 is 0 Å². The zero-order chi connectivity index (χ0) is 23.4. The van der Waals surface area contributed by atoms with E-state index in [-0.39, 0.29) is 4.68 Å². The zero-order valence-electron chi connectivity index (χ0n) is 13.6. The van der Waals surface area contributed by atoms with Crippen LogP contribution in [0.3, 0.4) is 0 Å². The van der Waals surface area contributed by atoms with Gasteiger partial charge in [-0.2, -0.15) is 58.1 Å². The number of ether oxygens (including phenoxy) is 1. The Bertz CT molecular complexity index is 829. The number of alkyl halides is 11. The largest absolute Gasteiger partial charge is 0.462 e. The zero-order valence-corrected chi connectivity index (χ0v) is 13.6. The van der Waals surface area contributed by atoms with Crippen molar-refractivity contribution >= 4 is 11.6 Å². The van der Waals surface area contributed by atoms with Crippen molar-refractivity contribution in [2.45, 2.75) is 44.1 Å². The summed E-state index contributed by atoms with van der Waals surface area (Å²) in [4.78, 5) is 20.3. The number of nitrogens with zero attached hydrogens (tertiary/aromatic N) is 3. The Morgan fingerprint density at radius 3 is 1.76 bits per heavy atom. The lowest BCUT2D eigenvalue weighted by Crippen LogP contribution is -2.58. The second kappa shape index (κ2) is 6.77. The summed E-state index contributed by atoms with van der Waals surface area (Å²) in [7, 11) is 0. The number of aromatic nitrogens is 2. The molecule has 0 saturated heterocycles. The van der Waals surface area contributed by atoms with E-state index in [2.05, 4.69) is 9.84 Å². The molecule has 7 nitrogen and oxygen atoms in total. The van der Waals surface area contributed by atoms with E-state index in [4.69, 9.17) is 0 Å². The molecule has 0 amide bonds. The van der Waals surface area contributed by atoms with Gasteiger partial charge in [-0.15, -0.1) is 0 Å². The summed E-state index contributed by atoms with van der Waals surface area (Å²) in [6, 6.07) is 0. The van der Waals surface area contributed by atoms with Crippen LogP contribution in [-0.2, 0) is 10.6 Å². The Kier molecular flexibility index (Phi) is 5.72. The third-order valence-corrected chi connectivity index (χ3v) is 3.23. The average Bonchev–Trinajstić information content (AvgIpc) is 2.82. The Hall–Kier alpha value is -2.53. The molecule has 18 heteroatoms. The van der Waals surface area contributed by atoms with Crippen LogP contribution in [0.2, 0.25) is 0 Å². The Morgan fingerprint density at radius 2 is 1.45 bits per heavy atom. The monoisotopic (exact) mass is 453 g/mol. The summed E-state index contributed by atoms with van der Waals surface area (Å²) < 4.78 is 144. The molecule has 0 aliphatic heterocycles. The SMILES string of the molecule is CC(=O)n1nc([C@](F)(OC(F)(F)C(F)(F)C(F)(F)F)C(F)(F)F)c([N+](=O)[O-])c1C. The maximum absolute atomic E-state index is 14.5. The van der Waals surface area contributed by atoms with E-state index in [1.165, 1.54) is 0 Å². The smallest absolute Gasteiger partial charge is 0.273 e. The molecule has 1 aromatic heterocycles. The third kappa shape index (κ3) is 3.84. The van der Waals surface area contributed by atoms with Gasteiger partial charge in [-0.05, 0) is 6.92 Å². The Morgan fingerprint density at radius 1 is 1.00 bits per heavy atom. The normalized spacial score (nSPS) is 15.9. The fraction of sp³-hybridized carbons (Fsp3) is 0.636. The molecular formula is C11H6F11N3O4. The second-order valence-electron chi connectivity index (χ2n) is 5.25. The molecule has 0 bridgehead atoms. The van der Waals surface area contributed by atoms with Gasteiger partial charge in [0.25, 0.3) is 0 Å². The number of hydrogen-bond acceptors (Lipinski definition) is 5. The van der Waals surface area contributed by atoms with E-state index in [0.29, 0.717) is 13.8 Å². The number of rotatable bonds is 5. The van der Waals surface area contributed by atoms with Crippen molar-refractivity contribution < 1.29 is 62.7 Å². The number of carbonyl (C=O) groups excluding carboxylic acids is 1. The summed E-state index contributed by atoms with van der Waals surface area (Å²) in [5.74, 6) is -15.1. The minimum atomic E-state index is -7.35. The molecule has 166 valence electrons. The van der Waals surface area contributed by atoms with Gasteiger partial charge in [-0.3, -0.25) is 19.6 Å². The summed E-state index contributed by atoms with van der Waals surface area (Å²) in [5.41, 5.74) is -6.09. The molecule has 0 saturated carbocycles. The molecule has 0 radical (unpaired) electrons. The molecule has 1 aromatic rings. The van der Waals surface area contributed by atoms with Gasteiger partial charge in [0.05, 0.1) is 4.92 Å². The lowest BCUT2D eigenvalue weighted by molar-refractivity contribution is -0.490. The number of halogens is 11. The highest BCUT2D eigenvalue weighted by atomic mass is 19.4. The first kappa shape index (κ1) is 24.5. The summed E-state index contributed by atoms with van der Waals surface area (Å²) in [5, 5.41) is 13.4. The van der Waals surface area contributed by atoms with Crippen LogP contribution in [0.5, 0.6) is 0 Å². The number of hydrogen-bond donors (Lipinski definition) is 0. The van der Waals surface area contributed by atoms with Gasteiger partial charge in [-0.25, -0.2) is 0 Å². The Labute approximate surface area is 151 Å². The predicted octanol–water partition coefficient (Wildman–Crippen LogP) is 4.25. The molecule has 0 aliphatic carbocycles. The minimum Gasteiger partial charge on any atom is -0.273 e. The van der Waals surface area contributed by atoms with Crippen molar-refractivity contribution in [2.75, 3.05) is 0 Å². The topological polar surface area (TPSA) is 87.3 Å². The quantitative estimate of drug-likeness (QED) is 0.378. The van der Waals surface area contributed by atoms with E-state index in [1.54, 1.807) is 0 Å². The van der Waals surface area contributed by atoms with E-state index < -0.39 is 58.1 Å². The fourth-order valence-corrected chi connectivity index (χ4v) is 1.88. The van der Waals surface area contributed by atoms with Crippen LogP contribution in [0.1, 0.15) is 23.1 Å². The van der Waals surface area contributed by atoms with Crippen LogP contribution >= 0.6 is 0 Å². The average molecular weight is 453 g/mol. The highest BCUT2D eigenvalue weighted by Crippen LogP contribution is 2.55. The molecule has 1 rings (SSSR count). The molecule has 0 N–H and O–H groups in total. The highest BCUT2D eigenvalue weighted by molar-refractivity contribution is 5.77. The molecule has 1 atom stereocenters. The van der Waals surface area contributed by atoms with E-state index in [9.17, 15) is 63.2 Å². The van der Waals surface area contributed by atoms with Crippen LogP contribution in [0.4, 0.5) is 54.0 Å². The first-order chi connectivity index (χ1) is 12.6. The van der Waals surface area contributed by atoms with Crippen molar-refractivity contribution in [1.29, 1.82) is 0 Å². The van der Waals surface area contributed by atoms with Gasteiger partial charge in [0.1, 0.15) is 5.69 Å². The standard InChI is InChI=1S/C11H6F11N3O4/c1-3-5(25(27)28)6(23-24(3)4(2)26)7(12,9(15,16)17)29-11(21,22)8(13,14)10(18,19)20/h1-2H3/t7-/m0/s1. The molecule has 0 fully saturated rings. The molecule has 0 unspecified atom stereocenters. The molecule has 29 heavy (non-hydrogen) atoms. The predicted molar refractivity (Wildman–Crippen MR) is 65.8 cm³/mol. The number of carbonyl (C=O) groups is 1. The van der Waals surface area contributed by atoms with Crippen molar-refractivity contribution in [3.63, 3.8) is 0 Å². The first-order valence-electron chi connectivity index (χ1n) is 6.65. The van der Waals surface area contributed by atoms with E-state index >= 15 is 0 Å². The fourth-order valence-electron chi connectivity index (χ4n) is 1.88. The van der Waals surface area contributed by atoms with Crippen molar-refractivity contribution in [1.82, 2.24) is 9.78 Å². The molecular weight excluding hydrogens is 447 g/mol. The Balaban J connectivity index is 3.84. The van der Waals surface area contributed by atoms with E-state index in [0.717, 1.165) is 0 Å². The highest BCUT2D eigenvalue weighted by Gasteiger charge is 2.79. The van der Waals surface area contributed by atoms with E-state index in [1.807, 2.05) is 0 Å². The van der Waals surface area contributed by atoms with Gasteiger partial charge < -0.3 is 0 Å². The molecule has 0 aliphatic rings. The van der Waals surface area contributed by atoms with Crippen LogP contribution in [-0.4, -0.2) is 45.0 Å². The van der Waals surface area contributed by atoms with Gasteiger partial charge >= 0.3 is 35.9 Å². The third-order valence-electron chi connectivity index (χ3n) is 3.23. The van der Waals surface area contributed by atoms with Crippen molar-refractivity contribution in [3.8, 4) is 0 Å². The van der Waals surface area contributed by atoms with Gasteiger partial charge in [0.15, 0.2) is 0 Å². The summed E-state index contributed by atoms with van der Waals surface area (Å²) >= 11 is 0. The minimum absolute atomic E-state index is 0.295. The van der Waals surface area contributed by atoms with Gasteiger partial charge in [0, 0.05) is 6.92 Å². The van der Waals surface area contributed by atoms with Crippen LogP contribution in [0, 0.1) is 17.0 Å². The number of nitro groups is 1. The molecule has 1 heterocycles. The first-order valence-corrected chi connectivity index (χ1v) is 6.65.